The van der Waals surface area contributed by atoms with Gasteiger partial charge in [0.1, 0.15) is 5.75 Å². The number of nitrogens with zero attached hydrogens (tertiary/aromatic N) is 1. The molecule has 3 aromatic rings. The molecule has 1 fully saturated rings. The van der Waals surface area contributed by atoms with Crippen LogP contribution in [0.25, 0.3) is 0 Å². The first-order valence-corrected chi connectivity index (χ1v) is 15.2. The van der Waals surface area contributed by atoms with Crippen LogP contribution in [-0.2, 0) is 10.0 Å². The van der Waals surface area contributed by atoms with Gasteiger partial charge in [-0.15, -0.1) is 0 Å². The summed E-state index contributed by atoms with van der Waals surface area (Å²) in [5.41, 5.74) is 1.54. The maximum Gasteiger partial charge on any atom is 0.315 e. The van der Waals surface area contributed by atoms with Gasteiger partial charge in [0.25, 0.3) is 0 Å². The number of benzene rings is 3. The van der Waals surface area contributed by atoms with E-state index in [1.165, 1.54) is 12.1 Å². The monoisotopic (exact) mass is 609 g/mol. The molecule has 1 saturated heterocycles. The highest BCUT2D eigenvalue weighted by Gasteiger charge is 2.33. The Bertz CT molecular complexity index is 1390. The number of sulfonamides is 1. The quantitative estimate of drug-likeness (QED) is 0.283. The fourth-order valence-electron chi connectivity index (χ4n) is 4.77. The van der Waals surface area contributed by atoms with Crippen LogP contribution < -0.4 is 15.4 Å². The maximum absolute atomic E-state index is 13.3. The summed E-state index contributed by atoms with van der Waals surface area (Å²) < 4.78 is 33.7. The van der Waals surface area contributed by atoms with Gasteiger partial charge in [-0.1, -0.05) is 59.4 Å². The Morgan fingerprint density at radius 3 is 2.28 bits per heavy atom. The highest BCUT2D eigenvalue weighted by Crippen LogP contribution is 2.33. The van der Waals surface area contributed by atoms with Crippen LogP contribution in [0.1, 0.15) is 42.9 Å². The Hall–Kier alpha value is -2.49. The second kappa shape index (κ2) is 13.2. The number of ether oxygens (including phenoxy) is 1. The minimum absolute atomic E-state index is 0.215. The van der Waals surface area contributed by atoms with Gasteiger partial charge in [-0.3, -0.25) is 0 Å². The highest BCUT2D eigenvalue weighted by atomic mass is 35.5. The lowest BCUT2D eigenvalue weighted by molar-refractivity contribution is 0.227. The molecular weight excluding hydrogens is 581 g/mol. The molecule has 11 heteroatoms. The third-order valence-electron chi connectivity index (χ3n) is 6.74. The fraction of sp³-hybridized carbons (Fsp3) is 0.321. The molecule has 2 amide bonds. The normalized spacial score (nSPS) is 16.9. The Balaban J connectivity index is 1.45. The predicted octanol–water partition coefficient (Wildman–Crippen LogP) is 6.68. The number of piperidine rings is 1. The van der Waals surface area contributed by atoms with Crippen molar-refractivity contribution in [1.82, 2.24) is 14.9 Å². The zero-order chi connectivity index (χ0) is 28.0. The van der Waals surface area contributed by atoms with E-state index in [1.807, 2.05) is 18.2 Å². The molecule has 0 spiro atoms. The molecular formula is C28H30Cl3N3O4S. The zero-order valence-electron chi connectivity index (χ0n) is 21.4. The molecule has 7 nitrogen and oxygen atoms in total. The second-order valence-electron chi connectivity index (χ2n) is 9.28. The van der Waals surface area contributed by atoms with Gasteiger partial charge >= 0.3 is 6.03 Å². The molecule has 1 aliphatic heterocycles. The molecule has 2 N–H and O–H groups in total. The number of methoxy groups -OCH3 is 1. The van der Waals surface area contributed by atoms with Crippen molar-refractivity contribution in [2.24, 2.45) is 0 Å². The molecule has 2 unspecified atom stereocenters. The summed E-state index contributed by atoms with van der Waals surface area (Å²) in [6.07, 6.45) is 2.93. The van der Waals surface area contributed by atoms with Gasteiger partial charge in [0.15, 0.2) is 0 Å². The Labute approximate surface area is 244 Å². The van der Waals surface area contributed by atoms with Crippen molar-refractivity contribution in [3.8, 4) is 5.75 Å². The summed E-state index contributed by atoms with van der Waals surface area (Å²) >= 11 is 18.2. The lowest BCUT2D eigenvalue weighted by Gasteiger charge is -2.34. The van der Waals surface area contributed by atoms with E-state index in [9.17, 15) is 13.2 Å². The SMILES string of the molecule is COc1cc(Cl)ccc1C(NC(=O)NCCC1CCCCN1S(=O)(=O)c1ccc(Cl)cc1)c1ccc(Cl)cc1. The molecule has 0 aromatic heterocycles. The third-order valence-corrected chi connectivity index (χ3v) is 9.45. The number of hydrogen-bond acceptors (Lipinski definition) is 4. The summed E-state index contributed by atoms with van der Waals surface area (Å²) in [5, 5.41) is 7.48. The van der Waals surface area contributed by atoms with Crippen LogP contribution in [0.4, 0.5) is 4.79 Å². The first-order valence-electron chi connectivity index (χ1n) is 12.6. The number of carbonyl (C=O) groups excluding carboxylic acids is 1. The van der Waals surface area contributed by atoms with Gasteiger partial charge in [-0.05, 0) is 73.4 Å². The molecule has 0 radical (unpaired) electrons. The molecule has 0 saturated carbocycles. The molecule has 2 atom stereocenters. The summed E-state index contributed by atoms with van der Waals surface area (Å²) in [6.45, 7) is 0.741. The van der Waals surface area contributed by atoms with Gasteiger partial charge in [0.2, 0.25) is 10.0 Å². The zero-order valence-corrected chi connectivity index (χ0v) is 24.5. The van der Waals surface area contributed by atoms with Gasteiger partial charge < -0.3 is 15.4 Å². The number of hydrogen-bond donors (Lipinski definition) is 2. The largest absolute Gasteiger partial charge is 0.496 e. The molecule has 39 heavy (non-hydrogen) atoms. The molecule has 1 heterocycles. The number of amides is 2. The number of nitrogens with one attached hydrogen (secondary N) is 2. The molecule has 208 valence electrons. The first-order chi connectivity index (χ1) is 18.7. The Morgan fingerprint density at radius 2 is 1.62 bits per heavy atom. The van der Waals surface area contributed by atoms with Crippen LogP contribution in [0.2, 0.25) is 15.1 Å². The fourth-order valence-corrected chi connectivity index (χ4v) is 6.91. The van der Waals surface area contributed by atoms with Crippen LogP contribution in [-0.4, -0.2) is 45.0 Å². The molecule has 0 bridgehead atoms. The van der Waals surface area contributed by atoms with Crippen molar-refractivity contribution >= 4 is 50.9 Å². The average Bonchev–Trinajstić information content (AvgIpc) is 2.93. The van der Waals surface area contributed by atoms with Crippen LogP contribution in [0, 0.1) is 0 Å². The van der Waals surface area contributed by atoms with E-state index >= 15 is 0 Å². The van der Waals surface area contributed by atoms with Crippen LogP contribution in [0.3, 0.4) is 0 Å². The number of urea groups is 1. The van der Waals surface area contributed by atoms with Gasteiger partial charge in [0, 0.05) is 39.8 Å². The van der Waals surface area contributed by atoms with Crippen LogP contribution >= 0.6 is 34.8 Å². The Kier molecular flexibility index (Phi) is 10.0. The van der Waals surface area contributed by atoms with E-state index in [-0.39, 0.29) is 10.9 Å². The topological polar surface area (TPSA) is 87.7 Å². The van der Waals surface area contributed by atoms with Crippen molar-refractivity contribution in [2.75, 3.05) is 20.2 Å². The average molecular weight is 611 g/mol. The third kappa shape index (κ3) is 7.38. The van der Waals surface area contributed by atoms with Crippen molar-refractivity contribution in [3.05, 3.63) is 92.9 Å². The number of halogens is 3. The summed E-state index contributed by atoms with van der Waals surface area (Å²) in [5.74, 6) is 0.535. The van der Waals surface area contributed by atoms with Crippen molar-refractivity contribution < 1.29 is 17.9 Å². The second-order valence-corrected chi connectivity index (χ2v) is 12.5. The number of rotatable bonds is 9. The van der Waals surface area contributed by atoms with E-state index in [4.69, 9.17) is 39.5 Å². The van der Waals surface area contributed by atoms with Gasteiger partial charge in [-0.25, -0.2) is 13.2 Å². The van der Waals surface area contributed by atoms with Crippen molar-refractivity contribution in [2.45, 2.75) is 42.7 Å². The molecule has 0 aliphatic carbocycles. The van der Waals surface area contributed by atoms with Crippen LogP contribution in [0.5, 0.6) is 5.75 Å². The Morgan fingerprint density at radius 1 is 0.974 bits per heavy atom. The molecule has 1 aliphatic rings. The standard InChI is InChI=1S/C28H30Cl3N3O4S/c1-38-26-18-22(31)11-14-25(26)27(19-5-7-20(29)8-6-19)33-28(35)32-16-15-23-4-2-3-17-34(23)39(36,37)24-12-9-21(30)10-13-24/h5-14,18,23,27H,2-4,15-17H2,1H3,(H2,32,33,35). The van der Waals surface area contributed by atoms with Crippen molar-refractivity contribution in [1.29, 1.82) is 0 Å². The van der Waals surface area contributed by atoms with E-state index in [0.29, 0.717) is 40.3 Å². The minimum atomic E-state index is -3.67. The lowest BCUT2D eigenvalue weighted by Crippen LogP contribution is -2.46. The summed E-state index contributed by atoms with van der Waals surface area (Å²) in [7, 11) is -2.13. The van der Waals surface area contributed by atoms with E-state index < -0.39 is 22.1 Å². The van der Waals surface area contributed by atoms with Crippen LogP contribution in [0.15, 0.2) is 71.6 Å². The van der Waals surface area contributed by atoms with Gasteiger partial charge in [0.05, 0.1) is 18.0 Å². The summed E-state index contributed by atoms with van der Waals surface area (Å²) in [6, 6.07) is 17.5. The van der Waals surface area contributed by atoms with Crippen molar-refractivity contribution in [3.63, 3.8) is 0 Å². The predicted molar refractivity (Wildman–Crippen MR) is 155 cm³/mol. The summed E-state index contributed by atoms with van der Waals surface area (Å²) in [4.78, 5) is 13.3. The molecule has 4 rings (SSSR count). The minimum Gasteiger partial charge on any atom is -0.496 e. The lowest BCUT2D eigenvalue weighted by atomic mass is 9.98. The van der Waals surface area contributed by atoms with E-state index in [0.717, 1.165) is 30.4 Å². The maximum atomic E-state index is 13.3. The molecule has 3 aromatic carbocycles. The van der Waals surface area contributed by atoms with E-state index in [2.05, 4.69) is 10.6 Å². The van der Waals surface area contributed by atoms with E-state index in [1.54, 1.807) is 47.8 Å². The smallest absolute Gasteiger partial charge is 0.315 e. The first kappa shape index (κ1) is 29.5. The highest BCUT2D eigenvalue weighted by molar-refractivity contribution is 7.89. The van der Waals surface area contributed by atoms with Gasteiger partial charge in [-0.2, -0.15) is 4.31 Å². The number of carbonyl (C=O) groups is 1.